The number of carbonyl (C=O) groups is 1. The minimum Gasteiger partial charge on any atom is -0.384 e. The molecule has 0 bridgehead atoms. The van der Waals surface area contributed by atoms with E-state index in [9.17, 15) is 17.6 Å². The van der Waals surface area contributed by atoms with Gasteiger partial charge in [0.2, 0.25) is 0 Å². The number of nitrogens with zero attached hydrogens (tertiary/aromatic N) is 2. The van der Waals surface area contributed by atoms with Gasteiger partial charge >= 0.3 is 6.03 Å². The molecule has 0 radical (unpaired) electrons. The largest absolute Gasteiger partial charge is 0.384 e. The van der Waals surface area contributed by atoms with Gasteiger partial charge < -0.3 is 16.4 Å². The lowest BCUT2D eigenvalue weighted by atomic mass is 10.2. The van der Waals surface area contributed by atoms with Crippen molar-refractivity contribution in [3.8, 4) is 11.4 Å². The SMILES string of the molecule is CC(C)CNC(=O)Nc1ccc(-c2nc(N)cc(CS(=O)(=O)c3ccc(F)cc3)n2)cc1. The minimum absolute atomic E-state index is 0.0104. The van der Waals surface area contributed by atoms with Crippen molar-refractivity contribution in [2.75, 3.05) is 17.6 Å². The summed E-state index contributed by atoms with van der Waals surface area (Å²) >= 11 is 0. The van der Waals surface area contributed by atoms with Crippen molar-refractivity contribution in [1.82, 2.24) is 15.3 Å². The topological polar surface area (TPSA) is 127 Å². The summed E-state index contributed by atoms with van der Waals surface area (Å²) in [6, 6.07) is 12.4. The van der Waals surface area contributed by atoms with Crippen molar-refractivity contribution < 1.29 is 17.6 Å². The van der Waals surface area contributed by atoms with Crippen LogP contribution in [0.15, 0.2) is 59.5 Å². The Bertz CT molecular complexity index is 1200. The number of amides is 2. The smallest absolute Gasteiger partial charge is 0.319 e. The monoisotopic (exact) mass is 457 g/mol. The average molecular weight is 458 g/mol. The molecule has 32 heavy (non-hydrogen) atoms. The van der Waals surface area contributed by atoms with Gasteiger partial charge in [0, 0.05) is 23.9 Å². The van der Waals surface area contributed by atoms with Crippen molar-refractivity contribution in [3.63, 3.8) is 0 Å². The van der Waals surface area contributed by atoms with Gasteiger partial charge in [0.1, 0.15) is 11.6 Å². The number of sulfone groups is 1. The summed E-state index contributed by atoms with van der Waals surface area (Å²) in [6.45, 7) is 4.56. The number of nitrogen functional groups attached to an aromatic ring is 1. The van der Waals surface area contributed by atoms with Crippen LogP contribution >= 0.6 is 0 Å². The molecule has 0 saturated heterocycles. The predicted octanol–water partition coefficient (Wildman–Crippen LogP) is 3.62. The van der Waals surface area contributed by atoms with Crippen LogP contribution in [0.25, 0.3) is 11.4 Å². The summed E-state index contributed by atoms with van der Waals surface area (Å²) in [6.07, 6.45) is 0. The van der Waals surface area contributed by atoms with E-state index >= 15 is 0 Å². The Morgan fingerprint density at radius 2 is 1.72 bits per heavy atom. The first-order valence-electron chi connectivity index (χ1n) is 9.89. The van der Waals surface area contributed by atoms with E-state index in [0.717, 1.165) is 12.1 Å². The predicted molar refractivity (Wildman–Crippen MR) is 121 cm³/mol. The summed E-state index contributed by atoms with van der Waals surface area (Å²) in [5.74, 6) is -0.217. The molecule has 3 rings (SSSR count). The first-order valence-corrected chi connectivity index (χ1v) is 11.5. The number of hydrogen-bond donors (Lipinski definition) is 3. The van der Waals surface area contributed by atoms with Gasteiger partial charge in [-0.15, -0.1) is 0 Å². The number of hydrogen-bond acceptors (Lipinski definition) is 6. The van der Waals surface area contributed by atoms with Gasteiger partial charge in [0.15, 0.2) is 15.7 Å². The molecular formula is C22H24FN5O3S. The lowest BCUT2D eigenvalue weighted by Crippen LogP contribution is -2.31. The van der Waals surface area contributed by atoms with E-state index in [2.05, 4.69) is 20.6 Å². The van der Waals surface area contributed by atoms with Gasteiger partial charge in [0.25, 0.3) is 0 Å². The van der Waals surface area contributed by atoms with E-state index in [-0.39, 0.29) is 28.3 Å². The number of benzene rings is 2. The Balaban J connectivity index is 1.76. The average Bonchev–Trinajstić information content (AvgIpc) is 2.72. The zero-order valence-electron chi connectivity index (χ0n) is 17.7. The molecule has 0 saturated carbocycles. The Kier molecular flexibility index (Phi) is 7.04. The van der Waals surface area contributed by atoms with Crippen LogP contribution in [0.5, 0.6) is 0 Å². The Morgan fingerprint density at radius 1 is 1.06 bits per heavy atom. The molecule has 8 nitrogen and oxygen atoms in total. The van der Waals surface area contributed by atoms with E-state index in [1.807, 2.05) is 13.8 Å². The molecule has 3 aromatic rings. The maximum absolute atomic E-state index is 13.1. The normalized spacial score (nSPS) is 11.4. The third-order valence-corrected chi connectivity index (χ3v) is 6.05. The number of anilines is 2. The van der Waals surface area contributed by atoms with Crippen LogP contribution in [0.3, 0.4) is 0 Å². The molecule has 0 atom stereocenters. The molecule has 4 N–H and O–H groups in total. The molecule has 168 valence electrons. The lowest BCUT2D eigenvalue weighted by molar-refractivity contribution is 0.251. The second-order valence-corrected chi connectivity index (χ2v) is 9.62. The van der Waals surface area contributed by atoms with Crippen LogP contribution < -0.4 is 16.4 Å². The number of halogens is 1. The number of nitrogens with two attached hydrogens (primary N) is 1. The number of rotatable bonds is 7. The second kappa shape index (κ2) is 9.73. The molecule has 2 amide bonds. The third kappa shape index (κ3) is 6.24. The van der Waals surface area contributed by atoms with Crippen molar-refractivity contribution >= 4 is 27.4 Å². The number of urea groups is 1. The summed E-state index contributed by atoms with van der Waals surface area (Å²) in [5.41, 5.74) is 7.27. The Hall–Kier alpha value is -3.53. The van der Waals surface area contributed by atoms with E-state index in [1.54, 1.807) is 24.3 Å². The third-order valence-electron chi connectivity index (χ3n) is 4.38. The molecule has 0 spiro atoms. The fourth-order valence-corrected chi connectivity index (χ4v) is 4.07. The molecule has 0 aliphatic rings. The van der Waals surface area contributed by atoms with Gasteiger partial charge in [-0.1, -0.05) is 13.8 Å². The first-order chi connectivity index (χ1) is 15.1. The minimum atomic E-state index is -3.74. The van der Waals surface area contributed by atoms with Crippen LogP contribution in [-0.4, -0.2) is 31.0 Å². The van der Waals surface area contributed by atoms with Gasteiger partial charge in [0.05, 0.1) is 16.3 Å². The van der Waals surface area contributed by atoms with E-state index in [1.165, 1.54) is 18.2 Å². The van der Waals surface area contributed by atoms with Crippen LogP contribution in [0.4, 0.5) is 20.7 Å². The quantitative estimate of drug-likeness (QED) is 0.465. The van der Waals surface area contributed by atoms with Gasteiger partial charge in [-0.3, -0.25) is 0 Å². The van der Waals surface area contributed by atoms with E-state index < -0.39 is 21.4 Å². The molecule has 0 aliphatic heterocycles. The molecular weight excluding hydrogens is 433 g/mol. The molecule has 2 aromatic carbocycles. The standard InChI is InChI=1S/C22H24FN5O3S/c1-14(2)12-25-22(29)27-17-7-3-15(4-8-17)21-26-18(11-20(24)28-21)13-32(30,31)19-9-5-16(23)6-10-19/h3-11,14H,12-13H2,1-2H3,(H2,24,26,28)(H2,25,27,29). The highest BCUT2D eigenvalue weighted by Gasteiger charge is 2.18. The second-order valence-electron chi connectivity index (χ2n) is 7.63. The summed E-state index contributed by atoms with van der Waals surface area (Å²) in [5, 5.41) is 5.49. The highest BCUT2D eigenvalue weighted by atomic mass is 32.2. The fraction of sp³-hybridized carbons (Fsp3) is 0.227. The summed E-state index contributed by atoms with van der Waals surface area (Å²) in [4.78, 5) is 20.4. The molecule has 10 heteroatoms. The van der Waals surface area contributed by atoms with Gasteiger partial charge in [-0.05, 0) is 54.4 Å². The van der Waals surface area contributed by atoms with Crippen LogP contribution in [0.1, 0.15) is 19.5 Å². The van der Waals surface area contributed by atoms with E-state index in [4.69, 9.17) is 5.73 Å². The zero-order chi connectivity index (χ0) is 23.3. The Labute approximate surface area is 186 Å². The van der Waals surface area contributed by atoms with Gasteiger partial charge in [-0.2, -0.15) is 0 Å². The van der Waals surface area contributed by atoms with Crippen LogP contribution in [0.2, 0.25) is 0 Å². The molecule has 1 aromatic heterocycles. The Morgan fingerprint density at radius 3 is 2.34 bits per heavy atom. The maximum Gasteiger partial charge on any atom is 0.319 e. The molecule has 0 fully saturated rings. The van der Waals surface area contributed by atoms with E-state index in [0.29, 0.717) is 23.7 Å². The van der Waals surface area contributed by atoms with Crippen molar-refractivity contribution in [3.05, 3.63) is 66.1 Å². The van der Waals surface area contributed by atoms with Crippen LogP contribution in [0, 0.1) is 11.7 Å². The first kappa shape index (κ1) is 23.1. The van der Waals surface area contributed by atoms with Gasteiger partial charge in [-0.25, -0.2) is 27.6 Å². The molecule has 1 heterocycles. The fourth-order valence-electron chi connectivity index (χ4n) is 2.82. The van der Waals surface area contributed by atoms with Crippen molar-refractivity contribution in [2.24, 2.45) is 5.92 Å². The zero-order valence-corrected chi connectivity index (χ0v) is 18.5. The molecule has 0 aliphatic carbocycles. The number of nitrogens with one attached hydrogen (secondary N) is 2. The highest BCUT2D eigenvalue weighted by Crippen LogP contribution is 2.22. The maximum atomic E-state index is 13.1. The lowest BCUT2D eigenvalue weighted by Gasteiger charge is -2.10. The summed E-state index contributed by atoms with van der Waals surface area (Å²) in [7, 11) is -3.74. The highest BCUT2D eigenvalue weighted by molar-refractivity contribution is 7.90. The van der Waals surface area contributed by atoms with Crippen LogP contribution in [-0.2, 0) is 15.6 Å². The van der Waals surface area contributed by atoms with Crippen molar-refractivity contribution in [1.29, 1.82) is 0 Å². The molecule has 0 unspecified atom stereocenters. The number of carbonyl (C=O) groups excluding carboxylic acids is 1. The number of aromatic nitrogens is 2. The summed E-state index contributed by atoms with van der Waals surface area (Å²) < 4.78 is 38.4. The van der Waals surface area contributed by atoms with Crippen molar-refractivity contribution in [2.45, 2.75) is 24.5 Å².